The first kappa shape index (κ1) is 141. The zero-order chi connectivity index (χ0) is 0. The second kappa shape index (κ2) is 115. The van der Waals surface area contributed by atoms with Crippen molar-refractivity contribution in [2.24, 2.45) is 0 Å². The third-order valence-corrected chi connectivity index (χ3v) is 0. The molecule has 11 heteroatoms. The zero-order valence-corrected chi connectivity index (χ0v) is 20.4. The summed E-state index contributed by atoms with van der Waals surface area (Å²) in [5, 5.41) is 0. The zero-order valence-electron chi connectivity index (χ0n) is 5.86. The molecule has 0 unspecified atom stereocenters. The van der Waals surface area contributed by atoms with Gasteiger partial charge in [0.1, 0.15) is 0 Å². The van der Waals surface area contributed by atoms with Gasteiger partial charge >= 0.3 is 103 Å². The van der Waals surface area contributed by atoms with E-state index >= 15 is 0 Å². The molecule has 0 N–H and O–H groups in total. The Morgan fingerprint density at radius 3 is 0.273 bits per heavy atom. The summed E-state index contributed by atoms with van der Waals surface area (Å²) in [5.74, 6) is 0. The minimum Gasteiger partial charge on any atom is -2.00 e. The van der Waals surface area contributed by atoms with Crippen LogP contribution in [0, 0.1) is 62.2 Å². The summed E-state index contributed by atoms with van der Waals surface area (Å²) in [7, 11) is 0. The van der Waals surface area contributed by atoms with Gasteiger partial charge in [-0.2, -0.15) is 0 Å². The monoisotopic (exact) mass is 666 g/mol. The van der Waals surface area contributed by atoms with E-state index in [4.69, 9.17) is 0 Å². The Bertz CT molecular complexity index is 14.4. The number of hydrogen-bond acceptors (Lipinski definition) is 0. The fourth-order valence-electron chi connectivity index (χ4n) is 0. The van der Waals surface area contributed by atoms with Crippen molar-refractivity contribution in [2.45, 2.75) is 0 Å². The van der Waals surface area contributed by atoms with Crippen molar-refractivity contribution in [1.29, 1.82) is 0 Å². The van der Waals surface area contributed by atoms with Crippen LogP contribution < -0.4 is 103 Å². The maximum absolute atomic E-state index is 0. The largest absolute Gasteiger partial charge is 2.00 e. The van der Waals surface area contributed by atoms with Gasteiger partial charge in [0.05, 0.1) is 0 Å². The summed E-state index contributed by atoms with van der Waals surface area (Å²) in [4.78, 5) is 0. The Balaban J connectivity index is 0. The second-order valence-electron chi connectivity index (χ2n) is 0. The summed E-state index contributed by atoms with van der Waals surface area (Å²) in [6.07, 6.45) is 0. The molecule has 0 fully saturated rings. The van der Waals surface area contributed by atoms with Crippen LogP contribution in [0.2, 0.25) is 0 Å². The third kappa shape index (κ3) is 99.7. The van der Waals surface area contributed by atoms with Crippen molar-refractivity contribution in [3.63, 3.8) is 0 Å². The molecule has 0 saturated heterocycles. The number of hydrogen-bond donors (Lipinski definition) is 0. The van der Waals surface area contributed by atoms with Crippen LogP contribution >= 0.6 is 0 Å². The Labute approximate surface area is 197 Å². The maximum atomic E-state index is 0. The topological polar surface area (TPSA) is 200 Å². The predicted octanol–water partition coefficient (Wildman–Crippen LogP) is -6.82. The second-order valence-corrected chi connectivity index (χ2v) is 0. The van der Waals surface area contributed by atoms with Crippen LogP contribution in [0.5, 0.6) is 0 Å². The molecule has 7 nitrogen and oxygen atoms in total. The molecule has 0 aliphatic heterocycles. The van der Waals surface area contributed by atoms with Crippen LogP contribution in [0.1, 0.15) is 0 Å². The average molecular weight is 666 g/mol. The van der Waals surface area contributed by atoms with Gasteiger partial charge in [-0.3, -0.25) is 0 Å². The van der Waals surface area contributed by atoms with E-state index in [1.807, 2.05) is 0 Å². The van der Waals surface area contributed by atoms with Crippen molar-refractivity contribution in [3.8, 4) is 0 Å². The molecule has 0 bridgehead atoms. The van der Waals surface area contributed by atoms with Crippen LogP contribution in [0.15, 0.2) is 0 Å². The molecule has 0 aliphatic rings. The van der Waals surface area contributed by atoms with Gasteiger partial charge in [-0.15, -0.1) is 0 Å². The van der Waals surface area contributed by atoms with Gasteiger partial charge in [-0.1, -0.05) is 0 Å². The predicted molar refractivity (Wildman–Crippen MR) is 4.81 cm³/mol. The first-order chi connectivity index (χ1) is 0. The molecule has 0 atom stereocenters. The SMILES string of the molecule is [K+].[K+].[O-2].[O-2].[O-2].[O-2].[O-2].[O-2].[O-2].[U].[U]. The van der Waals surface area contributed by atoms with Crippen molar-refractivity contribution in [1.82, 2.24) is 0 Å². The molecule has 0 saturated carbocycles. The standard InChI is InChI=1S/2K.7O.2U/q2*+1;7*-2;;. The fraction of sp³-hybridized carbons (Fsp3) is 0. The molecule has 11 heavy (non-hydrogen) atoms. The third-order valence-electron chi connectivity index (χ3n) is 0. The Kier molecular flexibility index (Phi) is 1480. The molecule has 0 radical (unpaired) electrons. The average Bonchev–Trinajstić information content (AvgIpc) is 0. The first-order valence-electron chi connectivity index (χ1n) is 0. The van der Waals surface area contributed by atoms with E-state index < -0.39 is 0 Å². The fourth-order valence-corrected chi connectivity index (χ4v) is 0. The summed E-state index contributed by atoms with van der Waals surface area (Å²) >= 11 is 0. The normalized spacial score (nSPS) is 0. The summed E-state index contributed by atoms with van der Waals surface area (Å²) in [5.41, 5.74) is 0. The Morgan fingerprint density at radius 1 is 0.273 bits per heavy atom. The molecular weight excluding hydrogens is 666 g/mol. The molecule has 0 heterocycles. The van der Waals surface area contributed by atoms with E-state index in [1.54, 1.807) is 0 Å². The quantitative estimate of drug-likeness (QED) is 0.222. The van der Waals surface area contributed by atoms with Gasteiger partial charge in [-0.25, -0.2) is 0 Å². The van der Waals surface area contributed by atoms with E-state index in [-0.39, 0.29) is 203 Å². The van der Waals surface area contributed by atoms with Crippen molar-refractivity contribution >= 4 is 0 Å². The van der Waals surface area contributed by atoms with Gasteiger partial charge in [0.25, 0.3) is 0 Å². The minimum atomic E-state index is 0. The molecule has 0 aromatic carbocycles. The molecule has 0 aromatic heterocycles. The van der Waals surface area contributed by atoms with Crippen molar-refractivity contribution in [2.75, 3.05) is 0 Å². The number of rotatable bonds is 0. The summed E-state index contributed by atoms with van der Waals surface area (Å²) < 4.78 is 0. The van der Waals surface area contributed by atoms with Gasteiger partial charge in [-0.05, 0) is 0 Å². The molecule has 0 aliphatic carbocycles. The van der Waals surface area contributed by atoms with Crippen LogP contribution in [0.4, 0.5) is 0 Å². The molecule has 0 rings (SSSR count). The van der Waals surface area contributed by atoms with Gasteiger partial charge in [0, 0.05) is 62.2 Å². The van der Waals surface area contributed by atoms with E-state index in [2.05, 4.69) is 0 Å². The van der Waals surface area contributed by atoms with Crippen molar-refractivity contribution < 1.29 is 203 Å². The Hall–Kier alpha value is 5.10. The summed E-state index contributed by atoms with van der Waals surface area (Å²) in [6, 6.07) is 0. The molecule has 0 spiro atoms. The van der Waals surface area contributed by atoms with Crippen LogP contribution in [-0.4, -0.2) is 0 Å². The summed E-state index contributed by atoms with van der Waals surface area (Å²) in [6.45, 7) is 0. The Morgan fingerprint density at radius 2 is 0.273 bits per heavy atom. The molecule has 0 aromatic rings. The van der Waals surface area contributed by atoms with E-state index in [0.717, 1.165) is 0 Å². The van der Waals surface area contributed by atoms with Gasteiger partial charge in [0.2, 0.25) is 0 Å². The van der Waals surface area contributed by atoms with Crippen LogP contribution in [0.25, 0.3) is 0 Å². The van der Waals surface area contributed by atoms with E-state index in [0.29, 0.717) is 0 Å². The smallest absolute Gasteiger partial charge is 1.00 e. The van der Waals surface area contributed by atoms with Crippen molar-refractivity contribution in [3.05, 3.63) is 0 Å². The minimum absolute atomic E-state index is 0. The molecular formula is K2O7U2-12. The maximum Gasteiger partial charge on any atom is 1.00 e. The first-order valence-corrected chi connectivity index (χ1v) is 0. The van der Waals surface area contributed by atoms with Crippen LogP contribution in [0.3, 0.4) is 0 Å². The van der Waals surface area contributed by atoms with Gasteiger partial charge in [0.15, 0.2) is 0 Å². The van der Waals surface area contributed by atoms with Crippen LogP contribution in [-0.2, 0) is 38.3 Å². The van der Waals surface area contributed by atoms with E-state index in [1.165, 1.54) is 0 Å². The van der Waals surface area contributed by atoms with E-state index in [9.17, 15) is 0 Å². The molecule has 0 amide bonds. The molecule has 64 valence electrons. The van der Waals surface area contributed by atoms with Gasteiger partial charge < -0.3 is 38.3 Å².